The zero-order chi connectivity index (χ0) is 19.5. The van der Waals surface area contributed by atoms with E-state index < -0.39 is 11.6 Å². The average Bonchev–Trinajstić information content (AvgIpc) is 3.37. The number of methoxy groups -OCH3 is 1. The van der Waals surface area contributed by atoms with Crippen molar-refractivity contribution >= 4 is 0 Å². The Bertz CT molecular complexity index is 948. The van der Waals surface area contributed by atoms with Crippen molar-refractivity contribution in [2.24, 2.45) is 0 Å². The minimum absolute atomic E-state index is 0.0123. The smallest absolute Gasteiger partial charge is 0.230 e. The number of halogens is 2. The van der Waals surface area contributed by atoms with Crippen LogP contribution in [-0.4, -0.2) is 17.3 Å². The van der Waals surface area contributed by atoms with Crippen LogP contribution in [0.3, 0.4) is 0 Å². The summed E-state index contributed by atoms with van der Waals surface area (Å²) in [5, 5.41) is 4.08. The lowest BCUT2D eigenvalue weighted by Crippen LogP contribution is -1.99. The van der Waals surface area contributed by atoms with Crippen LogP contribution in [0, 0.1) is 11.6 Å². The van der Waals surface area contributed by atoms with E-state index in [1.807, 2.05) is 0 Å². The maximum Gasteiger partial charge on any atom is 0.230 e. The van der Waals surface area contributed by atoms with E-state index >= 15 is 0 Å². The maximum absolute atomic E-state index is 13.3. The summed E-state index contributed by atoms with van der Waals surface area (Å²) in [6.07, 6.45) is 4.55. The highest BCUT2D eigenvalue weighted by atomic mass is 19.1. The van der Waals surface area contributed by atoms with Gasteiger partial charge in [0.25, 0.3) is 0 Å². The first-order valence-electron chi connectivity index (χ1n) is 9.22. The van der Waals surface area contributed by atoms with Gasteiger partial charge in [-0.1, -0.05) is 18.0 Å². The summed E-state index contributed by atoms with van der Waals surface area (Å²) >= 11 is 0. The van der Waals surface area contributed by atoms with E-state index in [1.54, 1.807) is 18.2 Å². The molecule has 28 heavy (non-hydrogen) atoms. The minimum Gasteiger partial charge on any atom is -0.493 e. The van der Waals surface area contributed by atoms with E-state index in [4.69, 9.17) is 14.0 Å². The maximum atomic E-state index is 13.3. The van der Waals surface area contributed by atoms with Crippen molar-refractivity contribution in [3.8, 4) is 22.9 Å². The van der Waals surface area contributed by atoms with Gasteiger partial charge in [-0.25, -0.2) is 8.78 Å². The molecule has 1 heterocycles. The van der Waals surface area contributed by atoms with Gasteiger partial charge in [-0.3, -0.25) is 0 Å². The summed E-state index contributed by atoms with van der Waals surface area (Å²) in [6, 6.07) is 8.55. The molecule has 0 aliphatic heterocycles. The molecule has 1 aliphatic rings. The molecule has 0 amide bonds. The Balaban J connectivity index is 1.51. The number of aromatic nitrogens is 2. The Morgan fingerprint density at radius 3 is 2.50 bits per heavy atom. The number of ether oxygens (including phenoxy) is 2. The number of hydrogen-bond donors (Lipinski definition) is 0. The summed E-state index contributed by atoms with van der Waals surface area (Å²) in [5.74, 6) is 1.17. The molecule has 0 N–H and O–H groups in total. The Morgan fingerprint density at radius 1 is 1.04 bits per heavy atom. The molecule has 0 spiro atoms. The van der Waals surface area contributed by atoms with E-state index in [-0.39, 0.29) is 6.61 Å². The second-order valence-electron chi connectivity index (χ2n) is 6.87. The fourth-order valence-electron chi connectivity index (χ4n) is 3.47. The lowest BCUT2D eigenvalue weighted by molar-refractivity contribution is 0.283. The molecule has 1 fully saturated rings. The topological polar surface area (TPSA) is 57.4 Å². The molecule has 0 saturated heterocycles. The van der Waals surface area contributed by atoms with Gasteiger partial charge < -0.3 is 14.0 Å². The highest BCUT2D eigenvalue weighted by Gasteiger charge is 2.23. The van der Waals surface area contributed by atoms with E-state index in [0.29, 0.717) is 34.7 Å². The molecule has 0 unspecified atom stereocenters. The largest absolute Gasteiger partial charge is 0.493 e. The van der Waals surface area contributed by atoms with Crippen LogP contribution in [0.2, 0.25) is 0 Å². The van der Waals surface area contributed by atoms with Gasteiger partial charge >= 0.3 is 0 Å². The lowest BCUT2D eigenvalue weighted by Gasteiger charge is -2.11. The SMILES string of the molecule is COc1cc(-c2noc(C3CCCC3)n2)ccc1OCc1cc(F)cc(F)c1. The predicted octanol–water partition coefficient (Wildman–Crippen LogP) is 5.26. The molecule has 1 saturated carbocycles. The lowest BCUT2D eigenvalue weighted by atomic mass is 10.1. The van der Waals surface area contributed by atoms with Crippen LogP contribution in [0.5, 0.6) is 11.5 Å². The second kappa shape index (κ2) is 7.96. The molecule has 1 aromatic heterocycles. The molecular weight excluding hydrogens is 366 g/mol. The molecule has 0 radical (unpaired) electrons. The van der Waals surface area contributed by atoms with Crippen molar-refractivity contribution in [2.75, 3.05) is 7.11 Å². The normalized spacial score (nSPS) is 14.4. The molecular formula is C21H20F2N2O3. The van der Waals surface area contributed by atoms with Crippen LogP contribution in [0.25, 0.3) is 11.4 Å². The van der Waals surface area contributed by atoms with Crippen molar-refractivity contribution in [1.29, 1.82) is 0 Å². The monoisotopic (exact) mass is 386 g/mol. The van der Waals surface area contributed by atoms with Crippen molar-refractivity contribution < 1.29 is 22.8 Å². The van der Waals surface area contributed by atoms with Gasteiger partial charge in [-0.05, 0) is 48.7 Å². The summed E-state index contributed by atoms with van der Waals surface area (Å²) in [5.41, 5.74) is 1.14. The van der Waals surface area contributed by atoms with Crippen molar-refractivity contribution in [3.05, 3.63) is 59.5 Å². The highest BCUT2D eigenvalue weighted by molar-refractivity contribution is 5.60. The van der Waals surface area contributed by atoms with Gasteiger partial charge in [-0.15, -0.1) is 0 Å². The van der Waals surface area contributed by atoms with E-state index in [1.165, 1.54) is 32.1 Å². The van der Waals surface area contributed by atoms with Crippen molar-refractivity contribution in [2.45, 2.75) is 38.2 Å². The summed E-state index contributed by atoms with van der Waals surface area (Å²) in [6.45, 7) is 0.0123. The molecule has 0 atom stereocenters. The summed E-state index contributed by atoms with van der Waals surface area (Å²) in [7, 11) is 1.52. The Morgan fingerprint density at radius 2 is 1.79 bits per heavy atom. The minimum atomic E-state index is -0.643. The third-order valence-corrected chi connectivity index (χ3v) is 4.88. The van der Waals surface area contributed by atoms with E-state index in [2.05, 4.69) is 10.1 Å². The van der Waals surface area contributed by atoms with Gasteiger partial charge in [-0.2, -0.15) is 4.98 Å². The van der Waals surface area contributed by atoms with Crippen molar-refractivity contribution in [3.63, 3.8) is 0 Å². The van der Waals surface area contributed by atoms with Crippen LogP contribution in [0.1, 0.15) is 43.1 Å². The average molecular weight is 386 g/mol. The van der Waals surface area contributed by atoms with E-state index in [9.17, 15) is 8.78 Å². The van der Waals surface area contributed by atoms with Gasteiger partial charge in [0.05, 0.1) is 7.11 Å². The fraction of sp³-hybridized carbons (Fsp3) is 0.333. The third-order valence-electron chi connectivity index (χ3n) is 4.88. The molecule has 146 valence electrons. The quantitative estimate of drug-likeness (QED) is 0.578. The van der Waals surface area contributed by atoms with E-state index in [0.717, 1.165) is 24.5 Å². The Hall–Kier alpha value is -2.96. The van der Waals surface area contributed by atoms with Crippen molar-refractivity contribution in [1.82, 2.24) is 10.1 Å². The molecule has 5 nitrogen and oxygen atoms in total. The molecule has 7 heteroatoms. The second-order valence-corrected chi connectivity index (χ2v) is 6.87. The van der Waals surface area contributed by atoms with Gasteiger partial charge in [0.1, 0.15) is 18.2 Å². The fourth-order valence-corrected chi connectivity index (χ4v) is 3.47. The van der Waals surface area contributed by atoms with Gasteiger partial charge in [0, 0.05) is 17.5 Å². The zero-order valence-corrected chi connectivity index (χ0v) is 15.5. The number of benzene rings is 2. The van der Waals surface area contributed by atoms with Crippen LogP contribution in [0.4, 0.5) is 8.78 Å². The first-order valence-corrected chi connectivity index (χ1v) is 9.22. The number of hydrogen-bond acceptors (Lipinski definition) is 5. The Labute approximate surface area is 161 Å². The zero-order valence-electron chi connectivity index (χ0n) is 15.5. The van der Waals surface area contributed by atoms with Gasteiger partial charge in [0.2, 0.25) is 11.7 Å². The Kier molecular flexibility index (Phi) is 5.23. The summed E-state index contributed by atoms with van der Waals surface area (Å²) in [4.78, 5) is 4.52. The molecule has 4 rings (SSSR count). The standard InChI is InChI=1S/C21H20F2N2O3/c1-26-19-10-15(20-24-21(28-25-20)14-4-2-3-5-14)6-7-18(19)27-12-13-8-16(22)11-17(23)9-13/h6-11,14H,2-5,12H2,1H3. The van der Waals surface area contributed by atoms with Gasteiger partial charge in [0.15, 0.2) is 11.5 Å². The predicted molar refractivity (Wildman–Crippen MR) is 98.2 cm³/mol. The first kappa shape index (κ1) is 18.4. The van der Waals surface area contributed by atoms with Crippen LogP contribution < -0.4 is 9.47 Å². The number of nitrogens with zero attached hydrogens (tertiary/aromatic N) is 2. The van der Waals surface area contributed by atoms with Crippen LogP contribution in [0.15, 0.2) is 40.9 Å². The van der Waals surface area contributed by atoms with Crippen LogP contribution >= 0.6 is 0 Å². The molecule has 0 bridgehead atoms. The highest BCUT2D eigenvalue weighted by Crippen LogP contribution is 2.35. The number of rotatable bonds is 6. The van der Waals surface area contributed by atoms with Crippen LogP contribution in [-0.2, 0) is 6.61 Å². The molecule has 1 aliphatic carbocycles. The third kappa shape index (κ3) is 3.98. The molecule has 2 aromatic carbocycles. The first-order chi connectivity index (χ1) is 13.6. The molecule has 3 aromatic rings. The summed E-state index contributed by atoms with van der Waals surface area (Å²) < 4.78 is 43.1.